The van der Waals surface area contributed by atoms with Gasteiger partial charge in [-0.25, -0.2) is 0 Å². The third-order valence-electron chi connectivity index (χ3n) is 0.907. The van der Waals surface area contributed by atoms with E-state index in [9.17, 15) is 4.79 Å². The Morgan fingerprint density at radius 1 is 1.80 bits per heavy atom. The molecule has 0 N–H and O–H groups in total. The van der Waals surface area contributed by atoms with Crippen LogP contribution in [-0.4, -0.2) is 23.3 Å². The first-order chi connectivity index (χ1) is 4.93. The molecule has 0 saturated heterocycles. The van der Waals surface area contributed by atoms with Crippen LogP contribution >= 0.6 is 11.3 Å². The molecule has 10 heavy (non-hydrogen) atoms. The van der Waals surface area contributed by atoms with Gasteiger partial charge in [-0.1, -0.05) is 0 Å². The maximum atomic E-state index is 9.68. The summed E-state index contributed by atoms with van der Waals surface area (Å²) in [5.41, 5.74) is 1.65. The molecule has 5 heteroatoms. The van der Waals surface area contributed by atoms with E-state index in [-0.39, 0.29) is 0 Å². The third kappa shape index (κ3) is 2.10. The summed E-state index contributed by atoms with van der Waals surface area (Å²) in [6, 6.07) is 0. The van der Waals surface area contributed by atoms with Crippen molar-refractivity contribution in [3.8, 4) is 0 Å². The largest absolute Gasteiger partial charge is 0.467 e. The lowest BCUT2D eigenvalue weighted by atomic mass is 10.5. The molecular weight excluding hydrogens is 152 g/mol. The van der Waals surface area contributed by atoms with Gasteiger partial charge in [-0.15, -0.1) is 21.5 Å². The zero-order valence-corrected chi connectivity index (χ0v) is 6.00. The van der Waals surface area contributed by atoms with Crippen LogP contribution in [0.4, 0.5) is 0 Å². The Labute approximate surface area is 61.8 Å². The summed E-state index contributed by atoms with van der Waals surface area (Å²) in [7, 11) is 0. The predicted octanol–water partition coefficient (Wildman–Crippen LogP) is 0.254. The van der Waals surface area contributed by atoms with Crippen LogP contribution in [0.25, 0.3) is 0 Å². The maximum absolute atomic E-state index is 9.68. The summed E-state index contributed by atoms with van der Waals surface area (Å²) in [6.45, 7) is 0.819. The van der Waals surface area contributed by atoms with E-state index in [1.165, 1.54) is 11.3 Å². The van der Waals surface area contributed by atoms with Crippen molar-refractivity contribution in [1.82, 2.24) is 10.2 Å². The van der Waals surface area contributed by atoms with Gasteiger partial charge in [-0.2, -0.15) is 0 Å². The van der Waals surface area contributed by atoms with Gasteiger partial charge in [-0.3, -0.25) is 4.79 Å². The van der Waals surface area contributed by atoms with Gasteiger partial charge in [0.2, 0.25) is 0 Å². The van der Waals surface area contributed by atoms with Crippen molar-refractivity contribution in [2.24, 2.45) is 0 Å². The highest BCUT2D eigenvalue weighted by Gasteiger charge is 1.94. The van der Waals surface area contributed by atoms with Gasteiger partial charge >= 0.3 is 0 Å². The number of nitrogens with zero attached hydrogens (tertiary/aromatic N) is 2. The molecule has 1 heterocycles. The number of carbonyl (C=O) groups is 1. The molecule has 0 aliphatic rings. The van der Waals surface area contributed by atoms with Gasteiger partial charge in [-0.05, 0) is 0 Å². The van der Waals surface area contributed by atoms with Crippen LogP contribution in [0, 0.1) is 0 Å². The smallest absolute Gasteiger partial charge is 0.293 e. The molecule has 0 saturated carbocycles. The van der Waals surface area contributed by atoms with Crippen LogP contribution in [0.15, 0.2) is 5.51 Å². The van der Waals surface area contributed by atoms with Crippen molar-refractivity contribution in [2.75, 3.05) is 6.61 Å². The zero-order chi connectivity index (χ0) is 7.23. The van der Waals surface area contributed by atoms with Crippen LogP contribution < -0.4 is 0 Å². The molecule has 54 valence electrons. The summed E-state index contributed by atoms with van der Waals surface area (Å²) in [5.74, 6) is 0. The summed E-state index contributed by atoms with van der Waals surface area (Å²) >= 11 is 1.46. The Balaban J connectivity index is 2.21. The van der Waals surface area contributed by atoms with E-state index in [4.69, 9.17) is 0 Å². The second kappa shape index (κ2) is 3.94. The Morgan fingerprint density at radius 2 is 2.70 bits per heavy atom. The molecule has 0 fully saturated rings. The van der Waals surface area contributed by atoms with Crippen molar-refractivity contribution in [2.45, 2.75) is 6.42 Å². The molecule has 0 aliphatic carbocycles. The summed E-state index contributed by atoms with van der Waals surface area (Å²) < 4.78 is 4.47. The normalized spacial score (nSPS) is 9.20. The van der Waals surface area contributed by atoms with E-state index in [1.807, 2.05) is 0 Å². The van der Waals surface area contributed by atoms with E-state index in [0.717, 1.165) is 5.01 Å². The first-order valence-corrected chi connectivity index (χ1v) is 3.61. The highest BCUT2D eigenvalue weighted by Crippen LogP contribution is 2.01. The summed E-state index contributed by atoms with van der Waals surface area (Å²) in [6.07, 6.45) is 0.656. The van der Waals surface area contributed by atoms with Crippen molar-refractivity contribution >= 4 is 17.8 Å². The van der Waals surface area contributed by atoms with E-state index in [2.05, 4.69) is 14.9 Å². The van der Waals surface area contributed by atoms with Crippen molar-refractivity contribution < 1.29 is 9.53 Å². The molecule has 0 bridgehead atoms. The van der Waals surface area contributed by atoms with E-state index in [0.29, 0.717) is 19.5 Å². The van der Waals surface area contributed by atoms with Crippen molar-refractivity contribution in [1.29, 1.82) is 0 Å². The lowest BCUT2D eigenvalue weighted by Gasteiger charge is -1.91. The molecule has 0 unspecified atom stereocenters. The first kappa shape index (κ1) is 7.14. The molecule has 0 radical (unpaired) electrons. The highest BCUT2D eigenvalue weighted by molar-refractivity contribution is 7.09. The predicted molar refractivity (Wildman–Crippen MR) is 35.6 cm³/mol. The topological polar surface area (TPSA) is 52.1 Å². The minimum absolute atomic E-state index is 0.388. The monoisotopic (exact) mass is 158 g/mol. The Morgan fingerprint density at radius 3 is 3.30 bits per heavy atom. The fraction of sp³-hybridized carbons (Fsp3) is 0.400. The zero-order valence-electron chi connectivity index (χ0n) is 5.19. The quantitative estimate of drug-likeness (QED) is 0.465. The van der Waals surface area contributed by atoms with Gasteiger partial charge in [0, 0.05) is 6.42 Å². The fourth-order valence-electron chi connectivity index (χ4n) is 0.499. The molecule has 0 amide bonds. The van der Waals surface area contributed by atoms with E-state index >= 15 is 0 Å². The van der Waals surface area contributed by atoms with Gasteiger partial charge < -0.3 is 4.74 Å². The number of carbonyl (C=O) groups excluding carboxylic acids is 1. The molecule has 1 rings (SSSR count). The Bertz CT molecular complexity index is 188. The highest BCUT2D eigenvalue weighted by atomic mass is 32.1. The second-order valence-electron chi connectivity index (χ2n) is 1.55. The number of hydrogen-bond donors (Lipinski definition) is 0. The molecule has 1 aromatic rings. The second-order valence-corrected chi connectivity index (χ2v) is 2.47. The molecule has 0 aliphatic heterocycles. The lowest BCUT2D eigenvalue weighted by Crippen LogP contribution is -1.95. The summed E-state index contributed by atoms with van der Waals surface area (Å²) in [5, 5.41) is 8.28. The molecule has 0 spiro atoms. The minimum Gasteiger partial charge on any atom is -0.467 e. The molecule has 1 aromatic heterocycles. The third-order valence-corrected chi connectivity index (χ3v) is 1.66. The molecule has 0 aromatic carbocycles. The lowest BCUT2D eigenvalue weighted by molar-refractivity contribution is -0.128. The van der Waals surface area contributed by atoms with Crippen molar-refractivity contribution in [3.63, 3.8) is 0 Å². The molecule has 0 atom stereocenters. The first-order valence-electron chi connectivity index (χ1n) is 2.74. The van der Waals surface area contributed by atoms with Crippen LogP contribution in [-0.2, 0) is 16.0 Å². The van der Waals surface area contributed by atoms with Crippen LogP contribution in [0.3, 0.4) is 0 Å². The molecular formula is C5H6N2O2S. The number of hydrogen-bond acceptors (Lipinski definition) is 5. The minimum atomic E-state index is 0.388. The fourth-order valence-corrected chi connectivity index (χ4v) is 1.01. The number of aromatic nitrogens is 2. The van der Waals surface area contributed by atoms with Crippen LogP contribution in [0.1, 0.15) is 5.01 Å². The standard InChI is InChI=1S/C5H6N2O2S/c8-4-9-2-1-5-7-6-3-10-5/h3-4H,1-2H2. The Kier molecular flexibility index (Phi) is 2.82. The van der Waals surface area contributed by atoms with Gasteiger partial charge in [0.15, 0.2) is 0 Å². The maximum Gasteiger partial charge on any atom is 0.293 e. The van der Waals surface area contributed by atoms with E-state index in [1.54, 1.807) is 5.51 Å². The van der Waals surface area contributed by atoms with Gasteiger partial charge in [0.25, 0.3) is 6.47 Å². The van der Waals surface area contributed by atoms with Gasteiger partial charge in [0.1, 0.15) is 10.5 Å². The number of rotatable bonds is 4. The van der Waals surface area contributed by atoms with E-state index < -0.39 is 0 Å². The number of ether oxygens (including phenoxy) is 1. The van der Waals surface area contributed by atoms with Gasteiger partial charge in [0.05, 0.1) is 6.61 Å². The van der Waals surface area contributed by atoms with Crippen LogP contribution in [0.2, 0.25) is 0 Å². The average Bonchev–Trinajstić information content (AvgIpc) is 2.41. The van der Waals surface area contributed by atoms with Crippen LogP contribution in [0.5, 0.6) is 0 Å². The van der Waals surface area contributed by atoms with Crippen molar-refractivity contribution in [3.05, 3.63) is 10.5 Å². The average molecular weight is 158 g/mol. The summed E-state index contributed by atoms with van der Waals surface area (Å²) in [4.78, 5) is 9.68. The molecule has 4 nitrogen and oxygen atoms in total. The SMILES string of the molecule is O=COCCc1nncs1. The Hall–Kier alpha value is -0.970.